The minimum absolute atomic E-state index is 0.299. The van der Waals surface area contributed by atoms with Gasteiger partial charge in [-0.2, -0.15) is 0 Å². The number of hydrogen-bond acceptors (Lipinski definition) is 5. The van der Waals surface area contributed by atoms with E-state index in [0.29, 0.717) is 23.4 Å². The van der Waals surface area contributed by atoms with Crippen molar-refractivity contribution in [2.24, 2.45) is 0 Å². The van der Waals surface area contributed by atoms with Gasteiger partial charge in [0.2, 0.25) is 0 Å². The zero-order valence-corrected chi connectivity index (χ0v) is 33.6. The molecular weight excluding hydrogens is 759 g/mol. The van der Waals surface area contributed by atoms with E-state index in [0.717, 1.165) is 100 Å². The quantitative estimate of drug-likeness (QED) is 0.161. The zero-order chi connectivity index (χ0) is 41.0. The molecule has 1 aliphatic rings. The highest BCUT2D eigenvalue weighted by Gasteiger charge is 2.21. The number of rotatable bonds is 7. The van der Waals surface area contributed by atoms with Gasteiger partial charge in [-0.1, -0.05) is 158 Å². The van der Waals surface area contributed by atoms with E-state index in [-0.39, 0.29) is 0 Å². The Morgan fingerprint density at radius 1 is 0.371 bits per heavy atom. The van der Waals surface area contributed by atoms with Gasteiger partial charge < -0.3 is 8.83 Å². The van der Waals surface area contributed by atoms with Gasteiger partial charge in [-0.15, -0.1) is 0 Å². The zero-order valence-electron chi connectivity index (χ0n) is 33.6. The topological polar surface area (TPSA) is 65.0 Å². The number of furan rings is 2. The van der Waals surface area contributed by atoms with E-state index < -0.39 is 0 Å². The third-order valence-corrected chi connectivity index (χ3v) is 12.0. The predicted octanol–water partition coefficient (Wildman–Crippen LogP) is 15.3. The molecule has 3 heterocycles. The van der Waals surface area contributed by atoms with Crippen LogP contribution in [0.3, 0.4) is 0 Å². The number of aromatic nitrogens is 3. The van der Waals surface area contributed by atoms with Crippen molar-refractivity contribution in [2.45, 2.75) is 12.3 Å². The van der Waals surface area contributed by atoms with Crippen molar-refractivity contribution in [1.82, 2.24) is 15.0 Å². The molecule has 0 fully saturated rings. The summed E-state index contributed by atoms with van der Waals surface area (Å²) in [7, 11) is 0. The summed E-state index contributed by atoms with van der Waals surface area (Å²) < 4.78 is 13.6. The van der Waals surface area contributed by atoms with Crippen LogP contribution in [0.15, 0.2) is 215 Å². The first-order valence-electron chi connectivity index (χ1n) is 21.0. The molecule has 1 aliphatic carbocycles. The summed E-state index contributed by atoms with van der Waals surface area (Å²) in [5.41, 5.74) is 13.7. The Labute approximate surface area is 358 Å². The van der Waals surface area contributed by atoms with E-state index in [4.69, 9.17) is 23.8 Å². The fourth-order valence-electron chi connectivity index (χ4n) is 8.91. The predicted molar refractivity (Wildman–Crippen MR) is 253 cm³/mol. The highest BCUT2D eigenvalue weighted by atomic mass is 16.3. The molecule has 0 amide bonds. The van der Waals surface area contributed by atoms with Crippen LogP contribution in [0.1, 0.15) is 17.9 Å². The summed E-state index contributed by atoms with van der Waals surface area (Å²) in [6, 6.07) is 63.2. The molecule has 1 unspecified atom stereocenters. The summed E-state index contributed by atoms with van der Waals surface area (Å²) in [5, 5.41) is 4.23. The van der Waals surface area contributed by atoms with Crippen LogP contribution in [0, 0.1) is 0 Å². The molecule has 12 rings (SSSR count). The second kappa shape index (κ2) is 14.8. The van der Waals surface area contributed by atoms with E-state index in [1.54, 1.807) is 0 Å². The van der Waals surface area contributed by atoms with Crippen LogP contribution in [0.2, 0.25) is 0 Å². The van der Waals surface area contributed by atoms with Gasteiger partial charge in [0.1, 0.15) is 22.3 Å². The van der Waals surface area contributed by atoms with E-state index in [1.165, 1.54) is 5.56 Å². The summed E-state index contributed by atoms with van der Waals surface area (Å²) in [6.07, 6.45) is 9.76. The van der Waals surface area contributed by atoms with Gasteiger partial charge in [-0.05, 0) is 82.8 Å². The van der Waals surface area contributed by atoms with Crippen molar-refractivity contribution < 1.29 is 8.83 Å². The number of allylic oxidation sites excluding steroid dienone is 4. The Morgan fingerprint density at radius 3 is 1.39 bits per heavy atom. The second-order valence-electron chi connectivity index (χ2n) is 15.9. The maximum absolute atomic E-state index is 6.81. The standard InChI is InChI=1S/C57H37N3O2/c1-6-16-36(17-7-1)43-30-47(38-20-10-3-11-21-38)53-49(32-43)45-28-26-41(34-51(45)61-53)56-58-55(40-24-14-5-15-25-40)59-57(60-56)42-27-29-46-50-33-44(37-18-8-2-9-19-37)31-48(39-22-12-4-13-23-39)54(50)62-52(46)35-42/h1-18,20-35,37H,19H2. The minimum Gasteiger partial charge on any atom is -0.455 e. The fraction of sp³-hybridized carbons (Fsp3) is 0.0351. The first-order chi connectivity index (χ1) is 30.7. The van der Waals surface area contributed by atoms with Gasteiger partial charge in [0, 0.05) is 55.3 Å². The van der Waals surface area contributed by atoms with Crippen LogP contribution < -0.4 is 0 Å². The van der Waals surface area contributed by atoms with Crippen LogP contribution in [-0.2, 0) is 0 Å². The van der Waals surface area contributed by atoms with Crippen molar-refractivity contribution in [2.75, 3.05) is 0 Å². The van der Waals surface area contributed by atoms with E-state index in [1.807, 2.05) is 42.5 Å². The third kappa shape index (κ3) is 6.30. The van der Waals surface area contributed by atoms with E-state index in [2.05, 4.69) is 164 Å². The Kier molecular flexibility index (Phi) is 8.56. The lowest BCUT2D eigenvalue weighted by molar-refractivity contribution is 0.669. The summed E-state index contributed by atoms with van der Waals surface area (Å²) >= 11 is 0. The van der Waals surface area contributed by atoms with Crippen molar-refractivity contribution in [1.29, 1.82) is 0 Å². The first-order valence-corrected chi connectivity index (χ1v) is 21.0. The maximum Gasteiger partial charge on any atom is 0.164 e. The first kappa shape index (κ1) is 35.8. The van der Waals surface area contributed by atoms with E-state index in [9.17, 15) is 0 Å². The molecule has 5 nitrogen and oxygen atoms in total. The molecule has 62 heavy (non-hydrogen) atoms. The lowest BCUT2D eigenvalue weighted by Gasteiger charge is -2.15. The van der Waals surface area contributed by atoms with Crippen LogP contribution in [-0.4, -0.2) is 15.0 Å². The molecule has 292 valence electrons. The average Bonchev–Trinajstić information content (AvgIpc) is 3.92. The Balaban J connectivity index is 1.01. The Morgan fingerprint density at radius 2 is 0.855 bits per heavy atom. The Hall–Kier alpha value is -8.15. The molecule has 0 saturated heterocycles. The van der Waals surface area contributed by atoms with Gasteiger partial charge in [-0.3, -0.25) is 0 Å². The summed E-state index contributed by atoms with van der Waals surface area (Å²) in [5.74, 6) is 2.00. The minimum atomic E-state index is 0.299. The highest BCUT2D eigenvalue weighted by Crippen LogP contribution is 2.43. The average molecular weight is 796 g/mol. The summed E-state index contributed by atoms with van der Waals surface area (Å²) in [4.78, 5) is 15.3. The third-order valence-electron chi connectivity index (χ3n) is 12.0. The molecule has 11 aromatic rings. The monoisotopic (exact) mass is 795 g/mol. The van der Waals surface area contributed by atoms with Crippen molar-refractivity contribution in [3.63, 3.8) is 0 Å². The summed E-state index contributed by atoms with van der Waals surface area (Å²) in [6.45, 7) is 0. The normalized spacial score (nSPS) is 13.8. The molecular formula is C57H37N3O2. The fourth-order valence-corrected chi connectivity index (χ4v) is 8.91. The molecule has 0 saturated carbocycles. The van der Waals surface area contributed by atoms with Gasteiger partial charge in [0.15, 0.2) is 17.5 Å². The maximum atomic E-state index is 6.81. The number of fused-ring (bicyclic) bond motifs is 6. The van der Waals surface area contributed by atoms with Gasteiger partial charge in [0.05, 0.1) is 0 Å². The van der Waals surface area contributed by atoms with Crippen LogP contribution in [0.5, 0.6) is 0 Å². The van der Waals surface area contributed by atoms with Crippen molar-refractivity contribution >= 4 is 43.9 Å². The lowest BCUT2D eigenvalue weighted by Crippen LogP contribution is -2.00. The number of benzene rings is 8. The SMILES string of the molecule is C1=CCC(c2cc(-c3ccccc3)c3oc4cc(-c5nc(-c6ccccc6)nc(-c6ccc7c(c6)oc6c(-c8ccccc8)cc(-c8ccccc8)cc67)n5)ccc4c3c2)C=C1. The molecule has 0 N–H and O–H groups in total. The molecule has 0 bridgehead atoms. The molecule has 1 atom stereocenters. The smallest absolute Gasteiger partial charge is 0.164 e. The number of nitrogens with zero attached hydrogens (tertiary/aromatic N) is 3. The van der Waals surface area contributed by atoms with Crippen LogP contribution >= 0.6 is 0 Å². The lowest BCUT2D eigenvalue weighted by atomic mass is 9.89. The molecule has 0 spiro atoms. The molecule has 8 aromatic carbocycles. The molecule has 3 aromatic heterocycles. The largest absolute Gasteiger partial charge is 0.455 e. The van der Waals surface area contributed by atoms with Crippen LogP contribution in [0.4, 0.5) is 0 Å². The van der Waals surface area contributed by atoms with Crippen LogP contribution in [0.25, 0.3) is 111 Å². The van der Waals surface area contributed by atoms with E-state index >= 15 is 0 Å². The molecule has 0 aliphatic heterocycles. The Bertz CT molecular complexity index is 3530. The highest BCUT2D eigenvalue weighted by molar-refractivity contribution is 6.12. The van der Waals surface area contributed by atoms with Gasteiger partial charge in [-0.25, -0.2) is 15.0 Å². The van der Waals surface area contributed by atoms with Gasteiger partial charge in [0.25, 0.3) is 0 Å². The second-order valence-corrected chi connectivity index (χ2v) is 15.9. The van der Waals surface area contributed by atoms with Crippen molar-refractivity contribution in [3.8, 4) is 67.5 Å². The molecule has 0 radical (unpaired) electrons. The van der Waals surface area contributed by atoms with Gasteiger partial charge >= 0.3 is 0 Å². The number of hydrogen-bond donors (Lipinski definition) is 0. The molecule has 5 heteroatoms. The van der Waals surface area contributed by atoms with Crippen molar-refractivity contribution in [3.05, 3.63) is 212 Å².